The quantitative estimate of drug-likeness (QED) is 0.780. The van der Waals surface area contributed by atoms with Crippen molar-refractivity contribution in [3.05, 3.63) is 29.6 Å². The van der Waals surface area contributed by atoms with Crippen molar-refractivity contribution < 1.29 is 9.53 Å². The number of aryl methyl sites for hydroxylation is 1. The van der Waals surface area contributed by atoms with Crippen LogP contribution in [0.25, 0.3) is 0 Å². The maximum absolute atomic E-state index is 11.8. The van der Waals surface area contributed by atoms with Crippen molar-refractivity contribution >= 4 is 5.91 Å². The zero-order valence-electron chi connectivity index (χ0n) is 9.90. The van der Waals surface area contributed by atoms with Crippen molar-refractivity contribution in [2.24, 2.45) is 0 Å². The van der Waals surface area contributed by atoms with Crippen molar-refractivity contribution in [3.8, 4) is 0 Å². The molecule has 1 unspecified atom stereocenters. The minimum absolute atomic E-state index is 0.0606. The number of hydrogen-bond donors (Lipinski definition) is 2. The fraction of sp³-hybridized carbons (Fsp3) is 0.500. The molecule has 92 valence electrons. The van der Waals surface area contributed by atoms with Crippen LogP contribution in [0.3, 0.4) is 0 Å². The molecule has 0 saturated carbocycles. The molecule has 2 rings (SSSR count). The van der Waals surface area contributed by atoms with Gasteiger partial charge in [0.1, 0.15) is 0 Å². The van der Waals surface area contributed by atoms with E-state index in [1.165, 1.54) is 0 Å². The van der Waals surface area contributed by atoms with E-state index in [1.54, 1.807) is 12.4 Å². The van der Waals surface area contributed by atoms with Crippen LogP contribution in [-0.4, -0.2) is 43.2 Å². The molecule has 0 aliphatic carbocycles. The molecule has 1 aromatic rings. The zero-order valence-corrected chi connectivity index (χ0v) is 9.90. The first-order valence-electron chi connectivity index (χ1n) is 5.78. The molecule has 1 amide bonds. The third-order valence-electron chi connectivity index (χ3n) is 2.63. The molecule has 5 heteroatoms. The van der Waals surface area contributed by atoms with Gasteiger partial charge in [-0.25, -0.2) is 0 Å². The molecule has 1 fully saturated rings. The van der Waals surface area contributed by atoms with Crippen molar-refractivity contribution in [1.82, 2.24) is 15.6 Å². The summed E-state index contributed by atoms with van der Waals surface area (Å²) in [6, 6.07) is 1.82. The van der Waals surface area contributed by atoms with Gasteiger partial charge in [0.15, 0.2) is 0 Å². The Balaban J connectivity index is 1.84. The number of carbonyl (C=O) groups is 1. The number of carbonyl (C=O) groups excluding carboxylic acids is 1. The number of hydrogen-bond acceptors (Lipinski definition) is 4. The van der Waals surface area contributed by atoms with Gasteiger partial charge in [0.2, 0.25) is 0 Å². The standard InChI is InChI=1S/C12H17N3O2/c1-9-4-10(6-14-5-9)12(16)15-8-11-7-13-2-3-17-11/h4-6,11,13H,2-3,7-8H2,1H3,(H,15,16). The lowest BCUT2D eigenvalue weighted by Crippen LogP contribution is -2.45. The van der Waals surface area contributed by atoms with E-state index < -0.39 is 0 Å². The molecule has 1 aliphatic rings. The Morgan fingerprint density at radius 1 is 1.65 bits per heavy atom. The Labute approximate surface area is 101 Å². The maximum Gasteiger partial charge on any atom is 0.252 e. The number of pyridine rings is 1. The molecule has 2 N–H and O–H groups in total. The topological polar surface area (TPSA) is 63.2 Å². The average Bonchev–Trinajstić information content (AvgIpc) is 2.37. The largest absolute Gasteiger partial charge is 0.374 e. The molecule has 1 atom stereocenters. The second-order valence-electron chi connectivity index (χ2n) is 4.16. The Morgan fingerprint density at radius 3 is 3.24 bits per heavy atom. The fourth-order valence-corrected chi connectivity index (χ4v) is 1.74. The van der Waals surface area contributed by atoms with E-state index in [2.05, 4.69) is 15.6 Å². The molecule has 0 radical (unpaired) electrons. The van der Waals surface area contributed by atoms with E-state index in [1.807, 2.05) is 13.0 Å². The first-order valence-corrected chi connectivity index (χ1v) is 5.78. The predicted octanol–water partition coefficient (Wildman–Crippen LogP) is 0.108. The van der Waals surface area contributed by atoms with Gasteiger partial charge in [0, 0.05) is 32.0 Å². The molecule has 17 heavy (non-hydrogen) atoms. The average molecular weight is 235 g/mol. The highest BCUT2D eigenvalue weighted by Crippen LogP contribution is 2.01. The van der Waals surface area contributed by atoms with Gasteiger partial charge in [-0.15, -0.1) is 0 Å². The number of nitrogens with one attached hydrogen (secondary N) is 2. The molecule has 2 heterocycles. The molecule has 1 aliphatic heterocycles. The highest BCUT2D eigenvalue weighted by Gasteiger charge is 2.14. The number of amides is 1. The Bertz CT molecular complexity index is 389. The summed E-state index contributed by atoms with van der Waals surface area (Å²) in [6.07, 6.45) is 3.36. The van der Waals surface area contributed by atoms with Gasteiger partial charge in [-0.3, -0.25) is 9.78 Å². The summed E-state index contributed by atoms with van der Waals surface area (Å²) in [7, 11) is 0. The van der Waals surface area contributed by atoms with Gasteiger partial charge >= 0.3 is 0 Å². The molecule has 0 bridgehead atoms. The van der Waals surface area contributed by atoms with Crippen LogP contribution in [-0.2, 0) is 4.74 Å². The van der Waals surface area contributed by atoms with Crippen LogP contribution < -0.4 is 10.6 Å². The second-order valence-corrected chi connectivity index (χ2v) is 4.16. The van der Waals surface area contributed by atoms with Crippen LogP contribution >= 0.6 is 0 Å². The summed E-state index contributed by atoms with van der Waals surface area (Å²) >= 11 is 0. The minimum Gasteiger partial charge on any atom is -0.374 e. The lowest BCUT2D eigenvalue weighted by Gasteiger charge is -2.23. The third-order valence-corrected chi connectivity index (χ3v) is 2.63. The molecular formula is C12H17N3O2. The molecule has 0 aromatic carbocycles. The Kier molecular flexibility index (Phi) is 4.06. The highest BCUT2D eigenvalue weighted by atomic mass is 16.5. The van der Waals surface area contributed by atoms with E-state index >= 15 is 0 Å². The SMILES string of the molecule is Cc1cncc(C(=O)NCC2CNCCO2)c1. The van der Waals surface area contributed by atoms with Crippen molar-refractivity contribution in [2.45, 2.75) is 13.0 Å². The van der Waals surface area contributed by atoms with Crippen molar-refractivity contribution in [3.63, 3.8) is 0 Å². The number of morpholine rings is 1. The highest BCUT2D eigenvalue weighted by molar-refractivity contribution is 5.93. The lowest BCUT2D eigenvalue weighted by molar-refractivity contribution is 0.0287. The summed E-state index contributed by atoms with van der Waals surface area (Å²) in [5.74, 6) is -0.102. The Morgan fingerprint density at radius 2 is 2.53 bits per heavy atom. The smallest absolute Gasteiger partial charge is 0.252 e. The fourth-order valence-electron chi connectivity index (χ4n) is 1.74. The molecule has 1 saturated heterocycles. The summed E-state index contributed by atoms with van der Waals surface area (Å²) in [4.78, 5) is 15.8. The molecule has 1 aromatic heterocycles. The van der Waals surface area contributed by atoms with Crippen LogP contribution in [0, 0.1) is 6.92 Å². The van der Waals surface area contributed by atoms with Gasteiger partial charge in [0.25, 0.3) is 5.91 Å². The first-order chi connectivity index (χ1) is 8.25. The number of aromatic nitrogens is 1. The molecule has 0 spiro atoms. The van der Waals surface area contributed by atoms with Crippen molar-refractivity contribution in [1.29, 1.82) is 0 Å². The van der Waals surface area contributed by atoms with Crippen LogP contribution in [0.2, 0.25) is 0 Å². The summed E-state index contributed by atoms with van der Waals surface area (Å²) < 4.78 is 5.50. The van der Waals surface area contributed by atoms with Gasteiger partial charge in [0.05, 0.1) is 18.3 Å². The lowest BCUT2D eigenvalue weighted by atomic mass is 10.2. The summed E-state index contributed by atoms with van der Waals surface area (Å²) in [5, 5.41) is 6.07. The van der Waals surface area contributed by atoms with E-state index in [0.717, 1.165) is 18.7 Å². The van der Waals surface area contributed by atoms with E-state index in [0.29, 0.717) is 18.7 Å². The van der Waals surface area contributed by atoms with Gasteiger partial charge in [-0.1, -0.05) is 0 Å². The normalized spacial score (nSPS) is 19.9. The predicted molar refractivity (Wildman–Crippen MR) is 63.9 cm³/mol. The van der Waals surface area contributed by atoms with E-state index in [9.17, 15) is 4.79 Å². The molecule has 5 nitrogen and oxygen atoms in total. The Hall–Kier alpha value is -1.46. The minimum atomic E-state index is -0.102. The summed E-state index contributed by atoms with van der Waals surface area (Å²) in [5.41, 5.74) is 1.57. The van der Waals surface area contributed by atoms with Gasteiger partial charge in [-0.2, -0.15) is 0 Å². The van der Waals surface area contributed by atoms with Gasteiger partial charge < -0.3 is 15.4 Å². The number of ether oxygens (including phenoxy) is 1. The second kappa shape index (κ2) is 5.75. The summed E-state index contributed by atoms with van der Waals surface area (Å²) in [6.45, 7) is 4.81. The zero-order chi connectivity index (χ0) is 12.1. The first kappa shape index (κ1) is 12.0. The number of rotatable bonds is 3. The third kappa shape index (κ3) is 3.51. The monoisotopic (exact) mass is 235 g/mol. The van der Waals surface area contributed by atoms with Crippen LogP contribution in [0.15, 0.2) is 18.5 Å². The van der Waals surface area contributed by atoms with Gasteiger partial charge in [-0.05, 0) is 18.6 Å². The maximum atomic E-state index is 11.8. The van der Waals surface area contributed by atoms with E-state index in [-0.39, 0.29) is 12.0 Å². The molecular weight excluding hydrogens is 218 g/mol. The van der Waals surface area contributed by atoms with Crippen LogP contribution in [0.5, 0.6) is 0 Å². The van der Waals surface area contributed by atoms with E-state index in [4.69, 9.17) is 4.74 Å². The van der Waals surface area contributed by atoms with Crippen LogP contribution in [0.1, 0.15) is 15.9 Å². The number of nitrogens with zero attached hydrogens (tertiary/aromatic N) is 1. The van der Waals surface area contributed by atoms with Crippen LogP contribution in [0.4, 0.5) is 0 Å². The van der Waals surface area contributed by atoms with Crippen molar-refractivity contribution in [2.75, 3.05) is 26.2 Å².